The highest BCUT2D eigenvalue weighted by Crippen LogP contribution is 2.65. The number of ether oxygens (including phenoxy) is 1. The van der Waals surface area contributed by atoms with Crippen molar-refractivity contribution in [2.45, 2.75) is 44.4 Å². The Morgan fingerprint density at radius 3 is 2.31 bits per heavy atom. The molecular formula is C25H36N2O2. The van der Waals surface area contributed by atoms with Gasteiger partial charge in [-0.2, -0.15) is 0 Å². The van der Waals surface area contributed by atoms with Crippen molar-refractivity contribution in [2.24, 2.45) is 29.6 Å². The molecule has 1 aromatic rings. The van der Waals surface area contributed by atoms with Crippen molar-refractivity contribution in [3.05, 3.63) is 35.9 Å². The number of amides is 1. The molecule has 0 radical (unpaired) electrons. The largest absolute Gasteiger partial charge is 0.379 e. The number of benzene rings is 1. The maximum Gasteiger partial charge on any atom is 0.220 e. The third kappa shape index (κ3) is 3.53. The molecule has 158 valence electrons. The van der Waals surface area contributed by atoms with Gasteiger partial charge in [-0.15, -0.1) is 0 Å². The van der Waals surface area contributed by atoms with E-state index in [0.29, 0.717) is 18.3 Å². The van der Waals surface area contributed by atoms with Crippen LogP contribution in [0.3, 0.4) is 0 Å². The number of morpholine rings is 1. The molecule has 1 saturated heterocycles. The van der Waals surface area contributed by atoms with Gasteiger partial charge in [0.1, 0.15) is 0 Å². The molecule has 1 aromatic carbocycles. The minimum atomic E-state index is 0.0530. The molecule has 1 heterocycles. The fourth-order valence-electron chi connectivity index (χ4n) is 7.38. The monoisotopic (exact) mass is 396 g/mol. The van der Waals surface area contributed by atoms with E-state index in [2.05, 4.69) is 47.5 Å². The molecule has 0 atom stereocenters. The number of rotatable bonds is 6. The van der Waals surface area contributed by atoms with Crippen molar-refractivity contribution in [1.82, 2.24) is 10.2 Å². The van der Waals surface area contributed by atoms with E-state index in [1.807, 2.05) is 0 Å². The van der Waals surface area contributed by atoms with Crippen molar-refractivity contribution in [1.29, 1.82) is 0 Å². The van der Waals surface area contributed by atoms with E-state index in [-0.39, 0.29) is 11.3 Å². The summed E-state index contributed by atoms with van der Waals surface area (Å²) >= 11 is 0. The Morgan fingerprint density at radius 2 is 1.69 bits per heavy atom. The number of hydrogen-bond donors (Lipinski definition) is 1. The average Bonchev–Trinajstić information content (AvgIpc) is 2.74. The Kier molecular flexibility index (Phi) is 5.42. The molecular weight excluding hydrogens is 360 g/mol. The summed E-state index contributed by atoms with van der Waals surface area (Å²) in [6, 6.07) is 11.0. The van der Waals surface area contributed by atoms with Gasteiger partial charge in [0.05, 0.1) is 13.2 Å². The molecule has 5 fully saturated rings. The van der Waals surface area contributed by atoms with Crippen LogP contribution in [-0.4, -0.2) is 50.2 Å². The first-order valence-corrected chi connectivity index (χ1v) is 11.8. The Hall–Kier alpha value is -1.39. The zero-order chi connectivity index (χ0) is 19.8. The van der Waals surface area contributed by atoms with Crippen LogP contribution in [0.1, 0.15) is 44.6 Å². The van der Waals surface area contributed by atoms with E-state index in [9.17, 15) is 4.79 Å². The fraction of sp³-hybridized carbons (Fsp3) is 0.720. The number of carbonyl (C=O) groups excluding carboxylic acids is 1. The van der Waals surface area contributed by atoms with Gasteiger partial charge in [-0.05, 0) is 60.8 Å². The van der Waals surface area contributed by atoms with E-state index < -0.39 is 0 Å². The quantitative estimate of drug-likeness (QED) is 0.801. The van der Waals surface area contributed by atoms with Crippen LogP contribution in [0.4, 0.5) is 0 Å². The predicted octanol–water partition coefficient (Wildman–Crippen LogP) is 3.47. The standard InChI is InChI=1S/C25H36N2O2/c1-18-19-13-22-15-20(18)16-23(14-19)25(22,21-5-3-2-4-6-21)17-24(28)26-7-8-27-9-11-29-12-10-27/h2-6,18-20,22-23H,7-17H2,1H3,(H,26,28). The summed E-state index contributed by atoms with van der Waals surface area (Å²) in [4.78, 5) is 15.6. The van der Waals surface area contributed by atoms with Crippen molar-refractivity contribution < 1.29 is 9.53 Å². The minimum Gasteiger partial charge on any atom is -0.379 e. The first kappa shape index (κ1) is 19.6. The van der Waals surface area contributed by atoms with Gasteiger partial charge in [0.2, 0.25) is 5.91 Å². The van der Waals surface area contributed by atoms with Gasteiger partial charge in [-0.1, -0.05) is 37.3 Å². The molecule has 5 aliphatic rings. The minimum absolute atomic E-state index is 0.0530. The van der Waals surface area contributed by atoms with Gasteiger partial charge in [0, 0.05) is 38.0 Å². The third-order valence-electron chi connectivity index (χ3n) is 8.91. The van der Waals surface area contributed by atoms with Crippen LogP contribution < -0.4 is 5.32 Å². The smallest absolute Gasteiger partial charge is 0.220 e. The topological polar surface area (TPSA) is 41.6 Å². The molecule has 6 rings (SSSR count). The van der Waals surface area contributed by atoms with Crippen molar-refractivity contribution in [3.8, 4) is 0 Å². The molecule has 1 aliphatic heterocycles. The number of carbonyl (C=O) groups is 1. The molecule has 1 N–H and O–H groups in total. The lowest BCUT2D eigenvalue weighted by Crippen LogP contribution is -2.59. The molecule has 4 nitrogen and oxygen atoms in total. The average molecular weight is 397 g/mol. The van der Waals surface area contributed by atoms with Crippen molar-refractivity contribution >= 4 is 5.91 Å². The highest BCUT2D eigenvalue weighted by molar-refractivity contribution is 5.78. The molecule has 29 heavy (non-hydrogen) atoms. The van der Waals surface area contributed by atoms with Gasteiger partial charge in [0.15, 0.2) is 0 Å². The van der Waals surface area contributed by atoms with Gasteiger partial charge in [0.25, 0.3) is 0 Å². The molecule has 0 unspecified atom stereocenters. The van der Waals surface area contributed by atoms with Gasteiger partial charge < -0.3 is 10.1 Å². The Morgan fingerprint density at radius 1 is 1.07 bits per heavy atom. The van der Waals surface area contributed by atoms with Crippen molar-refractivity contribution in [3.63, 3.8) is 0 Å². The second-order valence-electron chi connectivity index (χ2n) is 10.1. The zero-order valence-electron chi connectivity index (χ0n) is 17.8. The van der Waals surface area contributed by atoms with Crippen LogP contribution in [0.5, 0.6) is 0 Å². The van der Waals surface area contributed by atoms with E-state index >= 15 is 0 Å². The molecule has 4 saturated carbocycles. The van der Waals surface area contributed by atoms with E-state index in [4.69, 9.17) is 4.74 Å². The molecule has 1 amide bonds. The molecule has 0 aromatic heterocycles. The lowest BCUT2D eigenvalue weighted by atomic mass is 9.41. The van der Waals surface area contributed by atoms with Crippen molar-refractivity contribution in [2.75, 3.05) is 39.4 Å². The Bertz CT molecular complexity index is 683. The van der Waals surface area contributed by atoms with Crippen LogP contribution in [0.2, 0.25) is 0 Å². The summed E-state index contributed by atoms with van der Waals surface area (Å²) in [6.45, 7) is 7.76. The number of nitrogens with one attached hydrogen (secondary N) is 1. The summed E-state index contributed by atoms with van der Waals surface area (Å²) in [5, 5.41) is 3.27. The van der Waals surface area contributed by atoms with Crippen LogP contribution in [0, 0.1) is 29.6 Å². The molecule has 4 heteroatoms. The summed E-state index contributed by atoms with van der Waals surface area (Å²) in [7, 11) is 0. The van der Waals surface area contributed by atoms with Gasteiger partial charge in [-0.3, -0.25) is 9.69 Å². The Labute approximate surface area is 175 Å². The highest BCUT2D eigenvalue weighted by atomic mass is 16.5. The first-order valence-electron chi connectivity index (χ1n) is 11.8. The first-order chi connectivity index (χ1) is 14.2. The maximum absolute atomic E-state index is 13.2. The van der Waals surface area contributed by atoms with Crippen LogP contribution in [-0.2, 0) is 14.9 Å². The SMILES string of the molecule is CC1C2CC3CC1CC(C2)C3(CC(=O)NCCN1CCOCC1)c1ccccc1. The lowest BCUT2D eigenvalue weighted by molar-refractivity contribution is -0.133. The summed E-state index contributed by atoms with van der Waals surface area (Å²) in [5.74, 6) is 4.26. The fourth-order valence-corrected chi connectivity index (χ4v) is 7.38. The van der Waals surface area contributed by atoms with E-state index in [1.165, 1.54) is 31.2 Å². The van der Waals surface area contributed by atoms with E-state index in [0.717, 1.165) is 57.1 Å². The highest BCUT2D eigenvalue weighted by Gasteiger charge is 2.60. The summed E-state index contributed by atoms with van der Waals surface area (Å²) in [6.07, 6.45) is 5.96. The van der Waals surface area contributed by atoms with Crippen LogP contribution >= 0.6 is 0 Å². The van der Waals surface area contributed by atoms with E-state index in [1.54, 1.807) is 0 Å². The number of hydrogen-bond acceptors (Lipinski definition) is 3. The zero-order valence-corrected chi connectivity index (χ0v) is 17.8. The van der Waals surface area contributed by atoms with Crippen LogP contribution in [0.15, 0.2) is 30.3 Å². The second-order valence-corrected chi connectivity index (χ2v) is 10.1. The predicted molar refractivity (Wildman–Crippen MR) is 115 cm³/mol. The molecule has 4 bridgehead atoms. The third-order valence-corrected chi connectivity index (χ3v) is 8.91. The normalized spacial score (nSPS) is 38.9. The maximum atomic E-state index is 13.2. The summed E-state index contributed by atoms with van der Waals surface area (Å²) < 4.78 is 5.42. The molecule has 0 spiro atoms. The lowest BCUT2D eigenvalue weighted by Gasteiger charge is -2.63. The van der Waals surface area contributed by atoms with Crippen LogP contribution in [0.25, 0.3) is 0 Å². The number of nitrogens with zero attached hydrogens (tertiary/aromatic N) is 1. The summed E-state index contributed by atoms with van der Waals surface area (Å²) in [5.41, 5.74) is 1.47. The van der Waals surface area contributed by atoms with Gasteiger partial charge >= 0.3 is 0 Å². The molecule has 4 aliphatic carbocycles. The second kappa shape index (κ2) is 8.03. The van der Waals surface area contributed by atoms with Gasteiger partial charge in [-0.25, -0.2) is 0 Å². The Balaban J connectivity index is 1.31.